The lowest BCUT2D eigenvalue weighted by atomic mass is 10.0. The number of benzene rings is 3. The van der Waals surface area contributed by atoms with Crippen LogP contribution in [0, 0.1) is 13.8 Å². The van der Waals surface area contributed by atoms with Crippen LogP contribution in [-0.4, -0.2) is 48.2 Å². The molecule has 0 bridgehead atoms. The number of nitrogens with one attached hydrogen (secondary N) is 1. The zero-order valence-electron chi connectivity index (χ0n) is 24.7. The molecular formula is C33H39N5O3. The van der Waals surface area contributed by atoms with Gasteiger partial charge in [-0.2, -0.15) is 4.98 Å². The van der Waals surface area contributed by atoms with Gasteiger partial charge in [-0.15, -0.1) is 0 Å². The van der Waals surface area contributed by atoms with E-state index in [1.807, 2.05) is 94.7 Å². The lowest BCUT2D eigenvalue weighted by Crippen LogP contribution is -2.31. The Balaban J connectivity index is 1.60. The molecule has 214 valence electrons. The van der Waals surface area contributed by atoms with Gasteiger partial charge in [-0.3, -0.25) is 0 Å². The number of anilines is 4. The van der Waals surface area contributed by atoms with E-state index in [4.69, 9.17) is 14.5 Å². The van der Waals surface area contributed by atoms with Gasteiger partial charge in [-0.05, 0) is 87.3 Å². The molecule has 8 heteroatoms. The van der Waals surface area contributed by atoms with E-state index >= 15 is 0 Å². The van der Waals surface area contributed by atoms with E-state index in [-0.39, 0.29) is 5.92 Å². The maximum Gasteiger partial charge on any atom is 0.425 e. The quantitative estimate of drug-likeness (QED) is 0.191. The Morgan fingerprint density at radius 1 is 0.927 bits per heavy atom. The maximum atomic E-state index is 13.9. The minimum atomic E-state index is -0.545. The number of ether oxygens (including phenoxy) is 2. The van der Waals surface area contributed by atoms with Gasteiger partial charge in [-0.25, -0.2) is 14.7 Å². The molecule has 4 aromatic rings. The molecule has 1 heterocycles. The molecule has 41 heavy (non-hydrogen) atoms. The third kappa shape index (κ3) is 7.83. The number of amides is 1. The van der Waals surface area contributed by atoms with Crippen LogP contribution >= 0.6 is 0 Å². The van der Waals surface area contributed by atoms with Crippen molar-refractivity contribution in [2.24, 2.45) is 0 Å². The third-order valence-electron chi connectivity index (χ3n) is 6.58. The summed E-state index contributed by atoms with van der Waals surface area (Å²) in [7, 11) is 4.10. The SMILES string of the molecule is Cc1cccc(C)c1OC(=O)N(c1ccnc(Nc2ccc(OCCCN(C)C)cc2)n1)c1ccccc1C(C)C. The van der Waals surface area contributed by atoms with E-state index in [9.17, 15) is 4.79 Å². The number of hydrogen-bond donors (Lipinski definition) is 1. The van der Waals surface area contributed by atoms with Crippen molar-refractivity contribution in [2.75, 3.05) is 37.5 Å². The second-order valence-corrected chi connectivity index (χ2v) is 10.5. The molecule has 1 amide bonds. The number of para-hydroxylation sites is 2. The molecule has 0 aliphatic rings. The minimum Gasteiger partial charge on any atom is -0.494 e. The molecule has 1 aromatic heterocycles. The highest BCUT2D eigenvalue weighted by Gasteiger charge is 2.26. The number of aryl methyl sites for hydroxylation is 2. The normalized spacial score (nSPS) is 11.0. The first-order valence-corrected chi connectivity index (χ1v) is 13.9. The fourth-order valence-electron chi connectivity index (χ4n) is 4.46. The first-order valence-electron chi connectivity index (χ1n) is 13.9. The van der Waals surface area contributed by atoms with Crippen LogP contribution in [0.15, 0.2) is 79.0 Å². The van der Waals surface area contributed by atoms with Gasteiger partial charge in [0.1, 0.15) is 17.3 Å². The van der Waals surface area contributed by atoms with E-state index in [0.717, 1.165) is 41.1 Å². The van der Waals surface area contributed by atoms with Gasteiger partial charge in [0.2, 0.25) is 5.95 Å². The summed E-state index contributed by atoms with van der Waals surface area (Å²) in [4.78, 5) is 26.6. The Labute approximate surface area is 243 Å². The molecule has 0 atom stereocenters. The predicted octanol–water partition coefficient (Wildman–Crippen LogP) is 7.63. The molecule has 0 saturated heterocycles. The van der Waals surface area contributed by atoms with Crippen molar-refractivity contribution in [3.05, 3.63) is 95.7 Å². The molecule has 4 rings (SSSR count). The molecule has 0 aliphatic carbocycles. The number of rotatable bonds is 11. The summed E-state index contributed by atoms with van der Waals surface area (Å²) in [6.07, 6.45) is 2.04. The second-order valence-electron chi connectivity index (χ2n) is 10.5. The van der Waals surface area contributed by atoms with Gasteiger partial charge in [-0.1, -0.05) is 50.2 Å². The molecule has 3 aromatic carbocycles. The highest BCUT2D eigenvalue weighted by molar-refractivity contribution is 5.97. The summed E-state index contributed by atoms with van der Waals surface area (Å²) in [6, 6.07) is 23.0. The number of carbonyl (C=O) groups excluding carboxylic acids is 1. The van der Waals surface area contributed by atoms with Crippen LogP contribution in [0.2, 0.25) is 0 Å². The largest absolute Gasteiger partial charge is 0.494 e. The van der Waals surface area contributed by atoms with Crippen molar-refractivity contribution in [1.82, 2.24) is 14.9 Å². The summed E-state index contributed by atoms with van der Waals surface area (Å²) < 4.78 is 11.8. The average molecular weight is 554 g/mol. The Morgan fingerprint density at radius 2 is 1.63 bits per heavy atom. The van der Waals surface area contributed by atoms with Crippen molar-refractivity contribution in [3.8, 4) is 11.5 Å². The second kappa shape index (κ2) is 13.8. The number of carbonyl (C=O) groups is 1. The van der Waals surface area contributed by atoms with E-state index in [2.05, 4.69) is 29.0 Å². The molecule has 0 saturated carbocycles. The fourth-order valence-corrected chi connectivity index (χ4v) is 4.46. The van der Waals surface area contributed by atoms with Gasteiger partial charge in [0.15, 0.2) is 0 Å². The predicted molar refractivity (Wildman–Crippen MR) is 165 cm³/mol. The van der Waals surface area contributed by atoms with E-state index in [1.165, 1.54) is 4.90 Å². The zero-order chi connectivity index (χ0) is 29.4. The van der Waals surface area contributed by atoms with Crippen molar-refractivity contribution < 1.29 is 14.3 Å². The summed E-state index contributed by atoms with van der Waals surface area (Å²) >= 11 is 0. The summed E-state index contributed by atoms with van der Waals surface area (Å²) in [6.45, 7) is 9.67. The monoisotopic (exact) mass is 553 g/mol. The lowest BCUT2D eigenvalue weighted by Gasteiger charge is -2.25. The first kappa shape index (κ1) is 29.6. The van der Waals surface area contributed by atoms with Gasteiger partial charge in [0, 0.05) is 24.5 Å². The molecule has 0 radical (unpaired) electrons. The summed E-state index contributed by atoms with van der Waals surface area (Å²) in [5.41, 5.74) is 4.27. The topological polar surface area (TPSA) is 79.8 Å². The van der Waals surface area contributed by atoms with Gasteiger partial charge in [0.05, 0.1) is 12.3 Å². The number of hydrogen-bond acceptors (Lipinski definition) is 7. The smallest absolute Gasteiger partial charge is 0.425 e. The number of aromatic nitrogens is 2. The first-order chi connectivity index (χ1) is 19.7. The molecular weight excluding hydrogens is 514 g/mol. The zero-order valence-corrected chi connectivity index (χ0v) is 24.7. The van der Waals surface area contributed by atoms with Gasteiger partial charge >= 0.3 is 6.09 Å². The van der Waals surface area contributed by atoms with Crippen LogP contribution in [0.3, 0.4) is 0 Å². The molecule has 0 fully saturated rings. The van der Waals surface area contributed by atoms with E-state index in [0.29, 0.717) is 29.8 Å². The van der Waals surface area contributed by atoms with Crippen LogP contribution in [0.1, 0.15) is 42.9 Å². The van der Waals surface area contributed by atoms with Crippen LogP contribution in [0.5, 0.6) is 11.5 Å². The molecule has 0 spiro atoms. The minimum absolute atomic E-state index is 0.171. The van der Waals surface area contributed by atoms with Gasteiger partial charge < -0.3 is 19.7 Å². The molecule has 0 aliphatic heterocycles. The maximum absolute atomic E-state index is 13.9. The Morgan fingerprint density at radius 3 is 2.32 bits per heavy atom. The van der Waals surface area contributed by atoms with Crippen molar-refractivity contribution in [2.45, 2.75) is 40.0 Å². The molecule has 0 unspecified atom stereocenters. The highest BCUT2D eigenvalue weighted by Crippen LogP contribution is 2.34. The van der Waals surface area contributed by atoms with Crippen molar-refractivity contribution in [3.63, 3.8) is 0 Å². The Hall–Kier alpha value is -4.43. The summed E-state index contributed by atoms with van der Waals surface area (Å²) in [5.74, 6) is 2.27. The standard InChI is InChI=1S/C33H39N5O3/c1-23(2)28-13-7-8-14-29(28)38(33(39)41-31-24(3)11-9-12-25(31)4)30-19-20-34-32(36-30)35-26-15-17-27(18-16-26)40-22-10-21-37(5)6/h7-9,11-20,23H,10,21-22H2,1-6H3,(H,34,35,36). The van der Waals surface area contributed by atoms with E-state index < -0.39 is 6.09 Å². The molecule has 1 N–H and O–H groups in total. The number of nitrogens with zero attached hydrogens (tertiary/aromatic N) is 4. The van der Waals surface area contributed by atoms with Crippen LogP contribution < -0.4 is 19.7 Å². The molecule has 8 nitrogen and oxygen atoms in total. The lowest BCUT2D eigenvalue weighted by molar-refractivity contribution is 0.209. The third-order valence-corrected chi connectivity index (χ3v) is 6.58. The van der Waals surface area contributed by atoms with Crippen LogP contribution in [0.25, 0.3) is 0 Å². The van der Waals surface area contributed by atoms with Crippen LogP contribution in [0.4, 0.5) is 27.9 Å². The van der Waals surface area contributed by atoms with Crippen molar-refractivity contribution >= 4 is 29.2 Å². The van der Waals surface area contributed by atoms with E-state index in [1.54, 1.807) is 12.3 Å². The van der Waals surface area contributed by atoms with Crippen LogP contribution in [-0.2, 0) is 0 Å². The Kier molecular flexibility index (Phi) is 9.92. The van der Waals surface area contributed by atoms with Gasteiger partial charge in [0.25, 0.3) is 0 Å². The fraction of sp³-hybridized carbons (Fsp3) is 0.303. The van der Waals surface area contributed by atoms with Crippen molar-refractivity contribution in [1.29, 1.82) is 0 Å². The average Bonchev–Trinajstić information content (AvgIpc) is 2.94. The Bertz CT molecular complexity index is 1430. The highest BCUT2D eigenvalue weighted by atomic mass is 16.6. The summed E-state index contributed by atoms with van der Waals surface area (Å²) in [5, 5.41) is 3.24.